The van der Waals surface area contributed by atoms with Gasteiger partial charge in [0.15, 0.2) is 0 Å². The SMILES string of the molecule is CC1C2(C(C)(C)C)C=C(C(C)(C)C)C=CC2OP(F)OC2C=CC(C(C)(C)C)=CC21C(C)(C)C. The lowest BCUT2D eigenvalue weighted by Crippen LogP contribution is -2.62. The van der Waals surface area contributed by atoms with Crippen LogP contribution >= 0.6 is 8.69 Å². The van der Waals surface area contributed by atoms with Crippen LogP contribution in [0.1, 0.15) is 90.0 Å². The molecule has 3 aliphatic rings. The van der Waals surface area contributed by atoms with Crippen molar-refractivity contribution in [2.45, 2.75) is 102 Å². The Kier molecular flexibility index (Phi) is 6.87. The molecule has 192 valence electrons. The highest BCUT2D eigenvalue weighted by molar-refractivity contribution is 7.41. The minimum absolute atomic E-state index is 0.0219. The molecule has 3 rings (SSSR count). The predicted octanol–water partition coefficient (Wildman–Crippen LogP) is 9.75. The van der Waals surface area contributed by atoms with Crippen LogP contribution in [0.15, 0.2) is 47.6 Å². The molecule has 0 radical (unpaired) electrons. The van der Waals surface area contributed by atoms with Crippen LogP contribution in [0.2, 0.25) is 0 Å². The Morgan fingerprint density at radius 2 is 1.00 bits per heavy atom. The zero-order valence-electron chi connectivity index (χ0n) is 23.8. The predicted molar refractivity (Wildman–Crippen MR) is 144 cm³/mol. The minimum atomic E-state index is -2.55. The van der Waals surface area contributed by atoms with E-state index < -0.39 is 31.7 Å². The topological polar surface area (TPSA) is 18.5 Å². The molecule has 4 heteroatoms. The molecule has 2 nitrogen and oxygen atoms in total. The zero-order chi connectivity index (χ0) is 26.1. The molecule has 1 heterocycles. The summed E-state index contributed by atoms with van der Waals surface area (Å²) < 4.78 is 27.9. The first-order valence-electron chi connectivity index (χ1n) is 12.8. The summed E-state index contributed by atoms with van der Waals surface area (Å²) in [7, 11) is -2.55. The molecule has 1 saturated heterocycles. The molecule has 0 aromatic carbocycles. The Bertz CT molecular complexity index is 841. The average Bonchev–Trinajstić information content (AvgIpc) is 2.63. The van der Waals surface area contributed by atoms with Gasteiger partial charge in [0.1, 0.15) is 0 Å². The van der Waals surface area contributed by atoms with E-state index in [2.05, 4.69) is 126 Å². The van der Waals surface area contributed by atoms with E-state index in [1.165, 1.54) is 11.1 Å². The van der Waals surface area contributed by atoms with Gasteiger partial charge in [0.25, 0.3) is 0 Å². The smallest absolute Gasteiger partial charge is 0.300 e. The van der Waals surface area contributed by atoms with Gasteiger partial charge in [-0.15, -0.1) is 0 Å². The molecule has 0 aromatic heterocycles. The van der Waals surface area contributed by atoms with Crippen LogP contribution in [0.4, 0.5) is 4.20 Å². The van der Waals surface area contributed by atoms with Gasteiger partial charge in [-0.2, -0.15) is 4.20 Å². The van der Waals surface area contributed by atoms with Crippen LogP contribution in [-0.4, -0.2) is 12.2 Å². The van der Waals surface area contributed by atoms with E-state index in [1.54, 1.807) is 0 Å². The summed E-state index contributed by atoms with van der Waals surface area (Å²) in [5.74, 6) is 0.100. The van der Waals surface area contributed by atoms with Crippen LogP contribution in [-0.2, 0) is 9.05 Å². The van der Waals surface area contributed by atoms with Crippen molar-refractivity contribution in [2.24, 2.45) is 38.4 Å². The standard InChI is InChI=1S/C30H48FO2P/c1-20-29(27(8,9)10)18-21(25(2,3)4)14-16-23(29)32-34(31)33-24-17-15-22(26(5,6)7)19-30(20,24)28(11,12)13/h14-20,23-24H,1-13H3. The highest BCUT2D eigenvalue weighted by atomic mass is 31.2. The summed E-state index contributed by atoms with van der Waals surface area (Å²) >= 11 is 0. The molecule has 1 fully saturated rings. The molecule has 0 aromatic rings. The summed E-state index contributed by atoms with van der Waals surface area (Å²) in [5, 5.41) is 0. The molecule has 0 amide bonds. The maximum Gasteiger partial charge on any atom is 0.376 e. The van der Waals surface area contributed by atoms with Crippen LogP contribution in [0, 0.1) is 38.4 Å². The van der Waals surface area contributed by atoms with Crippen LogP contribution in [0.3, 0.4) is 0 Å². The van der Waals surface area contributed by atoms with Crippen molar-refractivity contribution in [1.29, 1.82) is 0 Å². The fourth-order valence-corrected chi connectivity index (χ4v) is 7.48. The largest absolute Gasteiger partial charge is 0.376 e. The molecule has 1 aliphatic heterocycles. The second kappa shape index (κ2) is 8.39. The fourth-order valence-electron chi connectivity index (χ4n) is 6.58. The van der Waals surface area contributed by atoms with E-state index >= 15 is 4.20 Å². The molecule has 4 atom stereocenters. The van der Waals surface area contributed by atoms with E-state index in [0.717, 1.165) is 0 Å². The van der Waals surface area contributed by atoms with E-state index in [0.29, 0.717) is 0 Å². The van der Waals surface area contributed by atoms with Crippen LogP contribution in [0.25, 0.3) is 0 Å². The van der Waals surface area contributed by atoms with Gasteiger partial charge < -0.3 is 9.05 Å². The third kappa shape index (κ3) is 4.33. The second-order valence-corrected chi connectivity index (χ2v) is 15.6. The number of rotatable bonds is 0. The Balaban J connectivity index is 2.44. The van der Waals surface area contributed by atoms with Gasteiger partial charge in [-0.1, -0.05) is 126 Å². The van der Waals surface area contributed by atoms with E-state index in [-0.39, 0.29) is 27.6 Å². The normalized spacial score (nSPS) is 37.2. The van der Waals surface area contributed by atoms with Crippen molar-refractivity contribution in [3.05, 3.63) is 47.6 Å². The highest BCUT2D eigenvalue weighted by Gasteiger charge is 2.65. The monoisotopic (exact) mass is 490 g/mol. The summed E-state index contributed by atoms with van der Waals surface area (Å²) in [6, 6.07) is 0. The first-order valence-corrected chi connectivity index (χ1v) is 13.9. The molecule has 2 aliphatic carbocycles. The lowest BCUT2D eigenvalue weighted by Gasteiger charge is -2.64. The molecule has 0 saturated carbocycles. The maximum atomic E-state index is 15.6. The summed E-state index contributed by atoms with van der Waals surface area (Å²) in [4.78, 5) is 0. The van der Waals surface area contributed by atoms with Crippen molar-refractivity contribution in [1.82, 2.24) is 0 Å². The summed E-state index contributed by atoms with van der Waals surface area (Å²) in [6.45, 7) is 29.6. The first kappa shape index (κ1) is 27.8. The summed E-state index contributed by atoms with van der Waals surface area (Å²) in [6.07, 6.45) is 12.6. The van der Waals surface area contributed by atoms with Gasteiger partial charge in [-0.25, -0.2) is 0 Å². The molecular weight excluding hydrogens is 442 g/mol. The van der Waals surface area contributed by atoms with Gasteiger partial charge in [-0.3, -0.25) is 0 Å². The molecular formula is C30H48FO2P. The Morgan fingerprint density at radius 3 is 1.26 bits per heavy atom. The number of halogens is 1. The van der Waals surface area contributed by atoms with Gasteiger partial charge >= 0.3 is 8.69 Å². The quantitative estimate of drug-likeness (QED) is 0.315. The number of allylic oxidation sites excluding steroid dienone is 4. The number of fused-ring (bicyclic) bond motifs is 2. The van der Waals surface area contributed by atoms with E-state index in [4.69, 9.17) is 9.05 Å². The lowest BCUT2D eigenvalue weighted by atomic mass is 9.43. The molecule has 0 spiro atoms. The summed E-state index contributed by atoms with van der Waals surface area (Å²) in [5.41, 5.74) is 1.28. The van der Waals surface area contributed by atoms with Gasteiger partial charge in [0.2, 0.25) is 0 Å². The van der Waals surface area contributed by atoms with E-state index in [9.17, 15) is 0 Å². The highest BCUT2D eigenvalue weighted by Crippen LogP contribution is 2.69. The number of hydrogen-bond donors (Lipinski definition) is 0. The number of hydrogen-bond acceptors (Lipinski definition) is 2. The van der Waals surface area contributed by atoms with Crippen molar-refractivity contribution in [3.8, 4) is 0 Å². The van der Waals surface area contributed by atoms with E-state index in [1.807, 2.05) is 0 Å². The third-order valence-corrected chi connectivity index (χ3v) is 9.57. The van der Waals surface area contributed by atoms with Crippen LogP contribution in [0.5, 0.6) is 0 Å². The molecule has 4 unspecified atom stereocenters. The molecule has 0 bridgehead atoms. The minimum Gasteiger partial charge on any atom is -0.300 e. The fraction of sp³-hybridized carbons (Fsp3) is 0.733. The Morgan fingerprint density at radius 1 is 0.676 bits per heavy atom. The van der Waals surface area contributed by atoms with Crippen LogP contribution < -0.4 is 0 Å². The van der Waals surface area contributed by atoms with Crippen molar-refractivity contribution in [2.75, 3.05) is 0 Å². The zero-order valence-corrected chi connectivity index (χ0v) is 24.7. The van der Waals surface area contributed by atoms with Gasteiger partial charge in [0, 0.05) is 10.8 Å². The van der Waals surface area contributed by atoms with Crippen molar-refractivity contribution in [3.63, 3.8) is 0 Å². The first-order chi connectivity index (χ1) is 15.2. The Hall–Kier alpha value is -0.760. The third-order valence-electron chi connectivity index (χ3n) is 8.79. The average molecular weight is 491 g/mol. The van der Waals surface area contributed by atoms with Crippen molar-refractivity contribution >= 4 is 8.69 Å². The van der Waals surface area contributed by atoms with Gasteiger partial charge in [0.05, 0.1) is 12.2 Å². The Labute approximate surface area is 210 Å². The molecule has 0 N–H and O–H groups in total. The second-order valence-electron chi connectivity index (χ2n) is 14.8. The van der Waals surface area contributed by atoms with Crippen molar-refractivity contribution < 1.29 is 13.2 Å². The maximum absolute atomic E-state index is 15.6. The van der Waals surface area contributed by atoms with Gasteiger partial charge in [-0.05, 0) is 38.7 Å². The lowest BCUT2D eigenvalue weighted by molar-refractivity contribution is -0.139. The molecule has 34 heavy (non-hydrogen) atoms.